The van der Waals surface area contributed by atoms with E-state index in [0.29, 0.717) is 25.4 Å². The number of amides is 3. The number of likely N-dealkylation sites (tertiary alicyclic amines) is 1. The summed E-state index contributed by atoms with van der Waals surface area (Å²) in [6.07, 6.45) is 6.02. The van der Waals surface area contributed by atoms with Crippen LogP contribution in [0.5, 0.6) is 0 Å². The van der Waals surface area contributed by atoms with E-state index < -0.39 is 12.2 Å². The van der Waals surface area contributed by atoms with Crippen LogP contribution in [0.25, 0.3) is 0 Å². The minimum absolute atomic E-state index is 0.00935. The number of piperidine rings is 1. The van der Waals surface area contributed by atoms with E-state index in [2.05, 4.69) is 54.2 Å². The van der Waals surface area contributed by atoms with Crippen molar-refractivity contribution in [3.63, 3.8) is 0 Å². The number of benzene rings is 1. The summed E-state index contributed by atoms with van der Waals surface area (Å²) in [4.78, 5) is 34.7. The van der Waals surface area contributed by atoms with E-state index in [-0.39, 0.29) is 36.1 Å². The predicted molar refractivity (Wildman–Crippen MR) is 137 cm³/mol. The number of urea groups is 1. The number of nitrogens with zero attached hydrogens (tertiary/aromatic N) is 4. The van der Waals surface area contributed by atoms with Gasteiger partial charge < -0.3 is 24.9 Å². The van der Waals surface area contributed by atoms with Crippen LogP contribution in [0.1, 0.15) is 56.9 Å². The zero-order valence-corrected chi connectivity index (χ0v) is 21.8. The lowest BCUT2D eigenvalue weighted by atomic mass is 9.68. The van der Waals surface area contributed by atoms with Gasteiger partial charge in [0, 0.05) is 31.7 Å². The SMILES string of the molecule is CN(C)[C@]1(c2ccccc2)CC[C@@]2(CC1)CN(CC(=O)N1CC[C@H](O)[C@@H](O)C1)C(=O)N2CC1CCC1. The van der Waals surface area contributed by atoms with Crippen molar-refractivity contribution in [1.29, 1.82) is 0 Å². The Bertz CT molecular complexity index is 942. The summed E-state index contributed by atoms with van der Waals surface area (Å²) >= 11 is 0. The van der Waals surface area contributed by atoms with Gasteiger partial charge >= 0.3 is 6.03 Å². The molecule has 0 radical (unpaired) electrons. The third kappa shape index (κ3) is 4.52. The molecule has 198 valence electrons. The summed E-state index contributed by atoms with van der Waals surface area (Å²) in [6.45, 7) is 1.96. The van der Waals surface area contributed by atoms with Crippen LogP contribution in [0, 0.1) is 5.92 Å². The monoisotopic (exact) mass is 498 g/mol. The van der Waals surface area contributed by atoms with Gasteiger partial charge in [0.1, 0.15) is 6.54 Å². The first-order valence-corrected chi connectivity index (χ1v) is 13.7. The fraction of sp³-hybridized carbons (Fsp3) is 0.714. The second-order valence-corrected chi connectivity index (χ2v) is 11.8. The van der Waals surface area contributed by atoms with Crippen LogP contribution in [0.15, 0.2) is 30.3 Å². The van der Waals surface area contributed by atoms with Gasteiger partial charge in [-0.05, 0) is 70.5 Å². The maximum absolute atomic E-state index is 13.7. The topological polar surface area (TPSA) is 87.6 Å². The van der Waals surface area contributed by atoms with E-state index in [1.54, 1.807) is 9.80 Å². The minimum atomic E-state index is -0.922. The van der Waals surface area contributed by atoms with Crippen LogP contribution in [0.2, 0.25) is 0 Å². The molecule has 1 aromatic rings. The summed E-state index contributed by atoms with van der Waals surface area (Å²) in [5.41, 5.74) is 1.04. The Labute approximate surface area is 214 Å². The number of rotatable bonds is 6. The van der Waals surface area contributed by atoms with E-state index in [1.807, 2.05) is 0 Å². The van der Waals surface area contributed by atoms with E-state index in [0.717, 1.165) is 32.2 Å². The molecule has 2 heterocycles. The average molecular weight is 499 g/mol. The molecule has 0 unspecified atom stereocenters. The number of hydrogen-bond donors (Lipinski definition) is 2. The molecular formula is C28H42N4O4. The highest BCUT2D eigenvalue weighted by Crippen LogP contribution is 2.49. The summed E-state index contributed by atoms with van der Waals surface area (Å²) in [7, 11) is 4.32. The summed E-state index contributed by atoms with van der Waals surface area (Å²) in [5.74, 6) is 0.424. The molecule has 1 aromatic carbocycles. The Hall–Kier alpha value is -2.16. The van der Waals surface area contributed by atoms with Crippen LogP contribution in [0.3, 0.4) is 0 Å². The molecule has 4 fully saturated rings. The summed E-state index contributed by atoms with van der Waals surface area (Å²) in [5, 5.41) is 19.9. The second kappa shape index (κ2) is 9.95. The van der Waals surface area contributed by atoms with Gasteiger partial charge in [0.2, 0.25) is 5.91 Å². The number of aliphatic hydroxyl groups excluding tert-OH is 2. The average Bonchev–Trinajstić information content (AvgIpc) is 3.09. The van der Waals surface area contributed by atoms with Gasteiger partial charge in [-0.15, -0.1) is 0 Å². The fourth-order valence-corrected chi connectivity index (χ4v) is 6.92. The van der Waals surface area contributed by atoms with Crippen LogP contribution >= 0.6 is 0 Å². The molecule has 8 heteroatoms. The number of hydrogen-bond acceptors (Lipinski definition) is 5. The molecule has 4 aliphatic rings. The van der Waals surface area contributed by atoms with E-state index in [4.69, 9.17) is 0 Å². The molecule has 2 saturated carbocycles. The Morgan fingerprint density at radius 3 is 2.31 bits per heavy atom. The molecule has 2 aliphatic carbocycles. The lowest BCUT2D eigenvalue weighted by Crippen LogP contribution is -2.56. The fourth-order valence-electron chi connectivity index (χ4n) is 6.92. The van der Waals surface area contributed by atoms with Crippen molar-refractivity contribution in [2.24, 2.45) is 5.92 Å². The highest BCUT2D eigenvalue weighted by Gasteiger charge is 2.55. The van der Waals surface area contributed by atoms with Gasteiger partial charge in [-0.1, -0.05) is 36.8 Å². The van der Waals surface area contributed by atoms with Gasteiger partial charge in [-0.25, -0.2) is 4.79 Å². The molecule has 5 rings (SSSR count). The highest BCUT2D eigenvalue weighted by atomic mass is 16.3. The van der Waals surface area contributed by atoms with Crippen molar-refractivity contribution >= 4 is 11.9 Å². The zero-order chi connectivity index (χ0) is 25.5. The van der Waals surface area contributed by atoms with Crippen LogP contribution in [-0.2, 0) is 10.3 Å². The van der Waals surface area contributed by atoms with Crippen molar-refractivity contribution in [2.45, 2.75) is 74.7 Å². The molecule has 36 heavy (non-hydrogen) atoms. The molecule has 2 N–H and O–H groups in total. The minimum Gasteiger partial charge on any atom is -0.390 e. The van der Waals surface area contributed by atoms with Crippen LogP contribution < -0.4 is 0 Å². The smallest absolute Gasteiger partial charge is 0.321 e. The number of β-amino-alcohol motifs (C(OH)–C–C–N with tert-alkyl or cyclic N) is 1. The van der Waals surface area contributed by atoms with Crippen LogP contribution in [-0.4, -0.2) is 106 Å². The van der Waals surface area contributed by atoms with E-state index in [9.17, 15) is 19.8 Å². The second-order valence-electron chi connectivity index (χ2n) is 11.8. The van der Waals surface area contributed by atoms with Crippen molar-refractivity contribution in [3.8, 4) is 0 Å². The largest absolute Gasteiger partial charge is 0.390 e. The van der Waals surface area contributed by atoms with Crippen molar-refractivity contribution in [1.82, 2.24) is 19.6 Å². The molecule has 2 aliphatic heterocycles. The quantitative estimate of drug-likeness (QED) is 0.628. The summed E-state index contributed by atoms with van der Waals surface area (Å²) in [6, 6.07) is 10.7. The number of carbonyl (C=O) groups excluding carboxylic acids is 2. The van der Waals surface area contributed by atoms with E-state index >= 15 is 0 Å². The van der Waals surface area contributed by atoms with Crippen molar-refractivity contribution in [3.05, 3.63) is 35.9 Å². The third-order valence-electron chi connectivity index (χ3n) is 9.62. The first kappa shape index (κ1) is 25.5. The molecule has 2 atom stereocenters. The first-order valence-electron chi connectivity index (χ1n) is 13.7. The van der Waals surface area contributed by atoms with Gasteiger partial charge in [0.25, 0.3) is 0 Å². The number of aliphatic hydroxyl groups is 2. The normalized spacial score (nSPS) is 33.5. The Morgan fingerprint density at radius 2 is 1.72 bits per heavy atom. The first-order chi connectivity index (χ1) is 17.2. The molecular weight excluding hydrogens is 456 g/mol. The molecule has 2 saturated heterocycles. The van der Waals surface area contributed by atoms with Crippen molar-refractivity contribution < 1.29 is 19.8 Å². The lowest BCUT2D eigenvalue weighted by Gasteiger charge is -2.51. The van der Waals surface area contributed by atoms with Gasteiger partial charge in [0.05, 0.1) is 17.7 Å². The molecule has 8 nitrogen and oxygen atoms in total. The van der Waals surface area contributed by atoms with Gasteiger partial charge in [-0.2, -0.15) is 0 Å². The van der Waals surface area contributed by atoms with Crippen LogP contribution in [0.4, 0.5) is 4.79 Å². The standard InChI is InChI=1S/C28H42N4O4/c1-29(2)28(22-9-4-3-5-10-22)14-12-27(13-15-28)20-31(26(36)32(27)17-21-7-6-8-21)19-25(35)30-16-11-23(33)24(34)18-30/h3-5,9-10,21,23-24,33-34H,6-8,11-20H2,1-2H3/t23-,24-,27-,28-/m0/s1. The molecule has 1 spiro atoms. The Balaban J connectivity index is 1.33. The lowest BCUT2D eigenvalue weighted by molar-refractivity contribution is -0.138. The maximum atomic E-state index is 13.7. The molecule has 0 aromatic heterocycles. The maximum Gasteiger partial charge on any atom is 0.321 e. The Kier molecular flexibility index (Phi) is 7.05. The third-order valence-corrected chi connectivity index (χ3v) is 9.62. The van der Waals surface area contributed by atoms with Gasteiger partial charge in [0.15, 0.2) is 0 Å². The number of carbonyl (C=O) groups is 2. The predicted octanol–water partition coefficient (Wildman–Crippen LogP) is 2.25. The highest BCUT2D eigenvalue weighted by molar-refractivity contribution is 5.86. The zero-order valence-electron chi connectivity index (χ0n) is 21.8. The van der Waals surface area contributed by atoms with Crippen molar-refractivity contribution in [2.75, 3.05) is 46.8 Å². The molecule has 3 amide bonds. The van der Waals surface area contributed by atoms with Gasteiger partial charge in [-0.3, -0.25) is 9.69 Å². The van der Waals surface area contributed by atoms with E-state index in [1.165, 1.54) is 24.8 Å². The Morgan fingerprint density at radius 1 is 1.03 bits per heavy atom. The summed E-state index contributed by atoms with van der Waals surface area (Å²) < 4.78 is 0. The molecule has 0 bridgehead atoms.